The van der Waals surface area contributed by atoms with Gasteiger partial charge < -0.3 is 5.32 Å². The molecule has 0 saturated carbocycles. The fraction of sp³-hybridized carbons (Fsp3) is 0.588. The van der Waals surface area contributed by atoms with Crippen molar-refractivity contribution in [2.24, 2.45) is 0 Å². The SMILES string of the molecule is CCCCCNC(=O)C(C)NS(=O)(=O)c1c(C)cc(C)cc1C. The van der Waals surface area contributed by atoms with E-state index < -0.39 is 16.1 Å². The largest absolute Gasteiger partial charge is 0.355 e. The summed E-state index contributed by atoms with van der Waals surface area (Å²) in [6.07, 6.45) is 3.02. The second kappa shape index (κ2) is 8.45. The first-order valence-corrected chi connectivity index (χ1v) is 9.55. The Morgan fingerprint density at radius 2 is 1.70 bits per heavy atom. The zero-order valence-corrected chi connectivity index (χ0v) is 15.5. The maximum absolute atomic E-state index is 12.6. The molecule has 1 unspecified atom stereocenters. The first-order chi connectivity index (χ1) is 10.7. The third-order valence-corrected chi connectivity index (χ3v) is 5.52. The van der Waals surface area contributed by atoms with Gasteiger partial charge in [0, 0.05) is 6.54 Å². The van der Waals surface area contributed by atoms with Crippen LogP contribution in [0.5, 0.6) is 0 Å². The van der Waals surface area contributed by atoms with Crippen molar-refractivity contribution in [1.29, 1.82) is 0 Å². The lowest BCUT2D eigenvalue weighted by Gasteiger charge is -2.17. The van der Waals surface area contributed by atoms with E-state index in [0.717, 1.165) is 24.8 Å². The summed E-state index contributed by atoms with van der Waals surface area (Å²) >= 11 is 0. The lowest BCUT2D eigenvalue weighted by molar-refractivity contribution is -0.122. The number of hydrogen-bond acceptors (Lipinski definition) is 3. The van der Waals surface area contributed by atoms with Gasteiger partial charge in [0.1, 0.15) is 0 Å². The Morgan fingerprint density at radius 1 is 1.13 bits per heavy atom. The molecule has 2 N–H and O–H groups in total. The second-order valence-electron chi connectivity index (χ2n) is 6.07. The molecule has 0 saturated heterocycles. The molecule has 6 heteroatoms. The monoisotopic (exact) mass is 340 g/mol. The topological polar surface area (TPSA) is 75.3 Å². The second-order valence-corrected chi connectivity index (χ2v) is 7.72. The van der Waals surface area contributed by atoms with Crippen molar-refractivity contribution in [1.82, 2.24) is 10.0 Å². The summed E-state index contributed by atoms with van der Waals surface area (Å²) in [6, 6.07) is 2.86. The third-order valence-electron chi connectivity index (χ3n) is 3.68. The van der Waals surface area contributed by atoms with Crippen LogP contribution in [0, 0.1) is 20.8 Å². The Kier molecular flexibility index (Phi) is 7.22. The average molecular weight is 340 g/mol. The number of rotatable bonds is 8. The highest BCUT2D eigenvalue weighted by molar-refractivity contribution is 7.89. The molecule has 0 aliphatic heterocycles. The van der Waals surface area contributed by atoms with Gasteiger partial charge in [-0.2, -0.15) is 4.72 Å². The number of aryl methyl sites for hydroxylation is 3. The fourth-order valence-corrected chi connectivity index (χ4v) is 4.33. The quantitative estimate of drug-likeness (QED) is 0.714. The number of carbonyl (C=O) groups is 1. The normalized spacial score (nSPS) is 12.9. The summed E-state index contributed by atoms with van der Waals surface area (Å²) in [6.45, 7) is 9.68. The molecule has 0 radical (unpaired) electrons. The van der Waals surface area contributed by atoms with Crippen LogP contribution in [0.15, 0.2) is 17.0 Å². The number of hydrogen-bond donors (Lipinski definition) is 2. The molecule has 0 spiro atoms. The van der Waals surface area contributed by atoms with Crippen molar-refractivity contribution in [2.75, 3.05) is 6.54 Å². The first kappa shape index (κ1) is 19.6. The highest BCUT2D eigenvalue weighted by Crippen LogP contribution is 2.21. The van der Waals surface area contributed by atoms with Gasteiger partial charge in [0.05, 0.1) is 10.9 Å². The zero-order chi connectivity index (χ0) is 17.6. The highest BCUT2D eigenvalue weighted by atomic mass is 32.2. The smallest absolute Gasteiger partial charge is 0.241 e. The number of benzene rings is 1. The minimum atomic E-state index is -3.73. The van der Waals surface area contributed by atoms with Crippen LogP contribution in [0.3, 0.4) is 0 Å². The predicted molar refractivity (Wildman–Crippen MR) is 93.0 cm³/mol. The van der Waals surface area contributed by atoms with E-state index in [1.807, 2.05) is 19.1 Å². The van der Waals surface area contributed by atoms with Crippen LogP contribution in [0.25, 0.3) is 0 Å². The van der Waals surface area contributed by atoms with Crippen molar-refractivity contribution < 1.29 is 13.2 Å². The van der Waals surface area contributed by atoms with E-state index in [4.69, 9.17) is 0 Å². The average Bonchev–Trinajstić information content (AvgIpc) is 2.41. The van der Waals surface area contributed by atoms with Crippen LogP contribution in [-0.2, 0) is 14.8 Å². The molecule has 130 valence electrons. The minimum absolute atomic E-state index is 0.258. The van der Waals surface area contributed by atoms with Crippen molar-refractivity contribution in [3.05, 3.63) is 28.8 Å². The molecule has 1 atom stereocenters. The predicted octanol–water partition coefficient (Wildman–Crippen LogP) is 2.59. The van der Waals surface area contributed by atoms with E-state index in [2.05, 4.69) is 17.0 Å². The summed E-state index contributed by atoms with van der Waals surface area (Å²) < 4.78 is 27.6. The summed E-state index contributed by atoms with van der Waals surface area (Å²) in [5.74, 6) is -0.299. The lowest BCUT2D eigenvalue weighted by Crippen LogP contribution is -2.45. The molecule has 0 aromatic heterocycles. The van der Waals surface area contributed by atoms with Crippen molar-refractivity contribution >= 4 is 15.9 Å². The van der Waals surface area contributed by atoms with Gasteiger partial charge in [-0.25, -0.2) is 8.42 Å². The Bertz CT molecular complexity index is 631. The number of nitrogens with one attached hydrogen (secondary N) is 2. The standard InChI is InChI=1S/C17H28N2O3S/c1-6-7-8-9-18-17(20)15(5)19-23(21,22)16-13(3)10-12(2)11-14(16)4/h10-11,15,19H,6-9H2,1-5H3,(H,18,20). The summed E-state index contributed by atoms with van der Waals surface area (Å²) in [5.41, 5.74) is 2.39. The molecule has 0 bridgehead atoms. The van der Waals surface area contributed by atoms with Crippen molar-refractivity contribution in [3.63, 3.8) is 0 Å². The third kappa shape index (κ3) is 5.62. The van der Waals surface area contributed by atoms with E-state index in [1.165, 1.54) is 0 Å². The van der Waals surface area contributed by atoms with Gasteiger partial charge in [-0.1, -0.05) is 37.5 Å². The van der Waals surface area contributed by atoms with Gasteiger partial charge in [0.15, 0.2) is 0 Å². The summed E-state index contributed by atoms with van der Waals surface area (Å²) in [5, 5.41) is 2.76. The van der Waals surface area contributed by atoms with Crippen LogP contribution >= 0.6 is 0 Å². The molecule has 0 fully saturated rings. The molecule has 1 aromatic rings. The van der Waals surface area contributed by atoms with E-state index in [0.29, 0.717) is 17.7 Å². The Morgan fingerprint density at radius 3 is 2.22 bits per heavy atom. The Hall–Kier alpha value is -1.40. The summed E-state index contributed by atoms with van der Waals surface area (Å²) in [4.78, 5) is 12.3. The van der Waals surface area contributed by atoms with Gasteiger partial charge in [0.25, 0.3) is 0 Å². The maximum atomic E-state index is 12.6. The minimum Gasteiger partial charge on any atom is -0.355 e. The van der Waals surface area contributed by atoms with Crippen LogP contribution < -0.4 is 10.0 Å². The Balaban J connectivity index is 2.81. The van der Waals surface area contributed by atoms with E-state index in [1.54, 1.807) is 20.8 Å². The molecule has 1 rings (SSSR count). The molecular formula is C17H28N2O3S. The molecule has 5 nitrogen and oxygen atoms in total. The molecule has 1 amide bonds. The zero-order valence-electron chi connectivity index (χ0n) is 14.7. The molecule has 0 aliphatic rings. The molecular weight excluding hydrogens is 312 g/mol. The molecule has 23 heavy (non-hydrogen) atoms. The number of sulfonamides is 1. The van der Waals surface area contributed by atoms with Crippen LogP contribution in [0.1, 0.15) is 49.8 Å². The van der Waals surface area contributed by atoms with Crippen LogP contribution in [0.4, 0.5) is 0 Å². The summed E-state index contributed by atoms with van der Waals surface area (Å²) in [7, 11) is -3.73. The van der Waals surface area contributed by atoms with Gasteiger partial charge in [-0.3, -0.25) is 4.79 Å². The van der Waals surface area contributed by atoms with Gasteiger partial charge in [-0.15, -0.1) is 0 Å². The molecule has 0 heterocycles. The number of carbonyl (C=O) groups excluding carboxylic acids is 1. The fourth-order valence-electron chi connectivity index (χ4n) is 2.68. The molecule has 1 aromatic carbocycles. The van der Waals surface area contributed by atoms with E-state index in [9.17, 15) is 13.2 Å². The number of amides is 1. The molecule has 0 aliphatic carbocycles. The first-order valence-electron chi connectivity index (χ1n) is 8.07. The van der Waals surface area contributed by atoms with Crippen molar-refractivity contribution in [3.8, 4) is 0 Å². The van der Waals surface area contributed by atoms with Crippen LogP contribution in [-0.4, -0.2) is 26.9 Å². The maximum Gasteiger partial charge on any atom is 0.241 e. The van der Waals surface area contributed by atoms with E-state index in [-0.39, 0.29) is 10.8 Å². The van der Waals surface area contributed by atoms with Gasteiger partial charge in [0.2, 0.25) is 15.9 Å². The van der Waals surface area contributed by atoms with E-state index >= 15 is 0 Å². The van der Waals surface area contributed by atoms with Crippen molar-refractivity contribution in [2.45, 2.75) is 64.8 Å². The number of unbranched alkanes of at least 4 members (excludes halogenated alkanes) is 2. The van der Waals surface area contributed by atoms with Crippen LogP contribution in [0.2, 0.25) is 0 Å². The Labute approximate surface area is 139 Å². The van der Waals surface area contributed by atoms with Gasteiger partial charge in [-0.05, 0) is 45.2 Å². The lowest BCUT2D eigenvalue weighted by atomic mass is 10.1. The highest BCUT2D eigenvalue weighted by Gasteiger charge is 2.24. The van der Waals surface area contributed by atoms with Gasteiger partial charge >= 0.3 is 0 Å².